The van der Waals surface area contributed by atoms with E-state index in [1.54, 1.807) is 9.80 Å². The molecule has 2 aliphatic heterocycles. The van der Waals surface area contributed by atoms with Gasteiger partial charge < -0.3 is 24.2 Å². The Morgan fingerprint density at radius 2 is 1.31 bits per heavy atom. The first-order chi connectivity index (χ1) is 18.8. The van der Waals surface area contributed by atoms with Crippen LogP contribution in [-0.2, 0) is 16.1 Å². The largest absolute Gasteiger partial charge is 0.445 e. The smallest absolute Gasteiger partial charge is 0.414 e. The van der Waals surface area contributed by atoms with Gasteiger partial charge in [-0.3, -0.25) is 4.90 Å². The third-order valence-corrected chi connectivity index (χ3v) is 6.89. The second kappa shape index (κ2) is 11.3. The van der Waals surface area contributed by atoms with Crippen LogP contribution in [0.25, 0.3) is 0 Å². The number of carbonyl (C=O) groups is 2. The molecular weight excluding hydrogens is 492 g/mol. The summed E-state index contributed by atoms with van der Waals surface area (Å²) in [6, 6.07) is 26.2. The Bertz CT molecular complexity index is 1280. The molecule has 0 bridgehead atoms. The lowest BCUT2D eigenvalue weighted by molar-refractivity contribution is 0.0580. The van der Waals surface area contributed by atoms with Crippen LogP contribution in [0.15, 0.2) is 78.9 Å². The molecule has 0 saturated carbocycles. The lowest BCUT2D eigenvalue weighted by atomic mass is 10.1. The molecule has 2 amide bonds. The van der Waals surface area contributed by atoms with Crippen molar-refractivity contribution in [1.82, 2.24) is 4.90 Å². The molecule has 2 heterocycles. The number of rotatable bonds is 4. The third-order valence-electron chi connectivity index (χ3n) is 6.89. The first-order valence-corrected chi connectivity index (χ1v) is 13.5. The molecule has 0 aromatic heterocycles. The highest BCUT2D eigenvalue weighted by Gasteiger charge is 2.31. The van der Waals surface area contributed by atoms with Crippen molar-refractivity contribution in [3.8, 4) is 0 Å². The summed E-state index contributed by atoms with van der Waals surface area (Å²) in [5, 5.41) is 0. The van der Waals surface area contributed by atoms with Gasteiger partial charge >= 0.3 is 12.2 Å². The van der Waals surface area contributed by atoms with Crippen LogP contribution in [0.2, 0.25) is 0 Å². The predicted molar refractivity (Wildman–Crippen MR) is 154 cm³/mol. The summed E-state index contributed by atoms with van der Waals surface area (Å²) in [4.78, 5) is 33.4. The highest BCUT2D eigenvalue weighted by Crippen LogP contribution is 2.38. The molecule has 1 saturated heterocycles. The molecule has 3 aromatic carbocycles. The zero-order valence-corrected chi connectivity index (χ0v) is 22.9. The fourth-order valence-corrected chi connectivity index (χ4v) is 4.94. The van der Waals surface area contributed by atoms with Gasteiger partial charge in [0.15, 0.2) is 0 Å². The van der Waals surface area contributed by atoms with Gasteiger partial charge in [-0.15, -0.1) is 0 Å². The van der Waals surface area contributed by atoms with Crippen molar-refractivity contribution in [3.63, 3.8) is 0 Å². The molecule has 3 aromatic rings. The van der Waals surface area contributed by atoms with Crippen LogP contribution in [0.1, 0.15) is 26.3 Å². The van der Waals surface area contributed by atoms with Gasteiger partial charge in [0, 0.05) is 50.6 Å². The lowest BCUT2D eigenvalue weighted by Gasteiger charge is -2.38. The summed E-state index contributed by atoms with van der Waals surface area (Å²) in [7, 11) is 0. The molecule has 0 unspecified atom stereocenters. The minimum atomic E-state index is -0.549. The van der Waals surface area contributed by atoms with E-state index < -0.39 is 5.60 Å². The maximum absolute atomic E-state index is 12.9. The maximum atomic E-state index is 12.9. The van der Waals surface area contributed by atoms with Gasteiger partial charge in [0.05, 0.1) is 11.4 Å². The molecule has 39 heavy (non-hydrogen) atoms. The van der Waals surface area contributed by atoms with Crippen molar-refractivity contribution in [2.75, 3.05) is 54.0 Å². The van der Waals surface area contributed by atoms with Crippen LogP contribution in [0, 0.1) is 0 Å². The SMILES string of the molecule is CC(C)(C)OC(=O)N1CCN(c2ccc(N3CCN(C(=O)OCc4ccccc4)CC3)cc2)c2ccccc21. The first kappa shape index (κ1) is 26.4. The Balaban J connectivity index is 1.20. The molecular formula is C31H36N4O4. The second-order valence-electron chi connectivity index (χ2n) is 10.8. The van der Waals surface area contributed by atoms with Crippen LogP contribution in [0.5, 0.6) is 0 Å². The van der Waals surface area contributed by atoms with Crippen LogP contribution in [-0.4, -0.2) is 62.0 Å². The summed E-state index contributed by atoms with van der Waals surface area (Å²) in [5.41, 5.74) is 4.45. The van der Waals surface area contributed by atoms with E-state index in [9.17, 15) is 9.59 Å². The number of piperazine rings is 1. The normalized spacial score (nSPS) is 15.6. The number of benzene rings is 3. The quantitative estimate of drug-likeness (QED) is 0.412. The van der Waals surface area contributed by atoms with Crippen molar-refractivity contribution >= 4 is 34.9 Å². The van der Waals surface area contributed by atoms with E-state index in [0.29, 0.717) is 26.2 Å². The Kier molecular flexibility index (Phi) is 7.63. The van der Waals surface area contributed by atoms with Gasteiger partial charge in [0.25, 0.3) is 0 Å². The number of fused-ring (bicyclic) bond motifs is 1. The van der Waals surface area contributed by atoms with Crippen molar-refractivity contribution in [2.45, 2.75) is 33.0 Å². The number of hydrogen-bond donors (Lipinski definition) is 0. The topological polar surface area (TPSA) is 65.6 Å². The van der Waals surface area contributed by atoms with Crippen molar-refractivity contribution in [3.05, 3.63) is 84.4 Å². The van der Waals surface area contributed by atoms with Crippen molar-refractivity contribution in [1.29, 1.82) is 0 Å². The summed E-state index contributed by atoms with van der Waals surface area (Å²) in [6.07, 6.45) is -0.592. The lowest BCUT2D eigenvalue weighted by Crippen LogP contribution is -2.49. The monoisotopic (exact) mass is 528 g/mol. The van der Waals surface area contributed by atoms with Gasteiger partial charge in [-0.05, 0) is 62.7 Å². The molecule has 5 rings (SSSR count). The molecule has 204 valence electrons. The number of anilines is 4. The standard InChI is InChI=1S/C31H36N4O4/c1-31(2,3)39-30(37)35-22-21-34(27-11-7-8-12-28(27)35)26-15-13-25(14-16-26)32-17-19-33(20-18-32)29(36)38-23-24-9-5-4-6-10-24/h4-16H,17-23H2,1-3H3. The molecule has 0 atom stereocenters. The van der Waals surface area contributed by atoms with E-state index in [-0.39, 0.29) is 18.8 Å². The zero-order valence-electron chi connectivity index (χ0n) is 22.9. The van der Waals surface area contributed by atoms with E-state index in [1.165, 1.54) is 0 Å². The van der Waals surface area contributed by atoms with Crippen molar-refractivity contribution in [2.24, 2.45) is 0 Å². The van der Waals surface area contributed by atoms with Gasteiger partial charge in [0.2, 0.25) is 0 Å². The van der Waals surface area contributed by atoms with Crippen LogP contribution < -0.4 is 14.7 Å². The van der Waals surface area contributed by atoms with Gasteiger partial charge in [-0.2, -0.15) is 0 Å². The Morgan fingerprint density at radius 1 is 0.692 bits per heavy atom. The van der Waals surface area contributed by atoms with E-state index in [0.717, 1.165) is 41.4 Å². The third kappa shape index (κ3) is 6.28. The summed E-state index contributed by atoms with van der Waals surface area (Å²) >= 11 is 0. The maximum Gasteiger partial charge on any atom is 0.414 e. The highest BCUT2D eigenvalue weighted by atomic mass is 16.6. The average molecular weight is 529 g/mol. The number of ether oxygens (including phenoxy) is 2. The van der Waals surface area contributed by atoms with E-state index in [4.69, 9.17) is 9.47 Å². The Labute approximate surface area is 230 Å². The number of nitrogens with zero attached hydrogens (tertiary/aromatic N) is 4. The number of para-hydroxylation sites is 2. The average Bonchev–Trinajstić information content (AvgIpc) is 2.95. The number of hydrogen-bond acceptors (Lipinski definition) is 6. The van der Waals surface area contributed by atoms with Crippen LogP contribution in [0.3, 0.4) is 0 Å². The van der Waals surface area contributed by atoms with E-state index in [1.807, 2.05) is 75.4 Å². The molecule has 0 radical (unpaired) electrons. The minimum Gasteiger partial charge on any atom is -0.445 e. The zero-order chi connectivity index (χ0) is 27.4. The van der Waals surface area contributed by atoms with Gasteiger partial charge in [0.1, 0.15) is 12.2 Å². The number of carbonyl (C=O) groups excluding carboxylic acids is 2. The predicted octanol–water partition coefficient (Wildman–Crippen LogP) is 6.04. The fourth-order valence-electron chi connectivity index (χ4n) is 4.94. The van der Waals surface area contributed by atoms with Crippen LogP contribution in [0.4, 0.5) is 32.3 Å². The first-order valence-electron chi connectivity index (χ1n) is 13.5. The number of amides is 2. The summed E-state index contributed by atoms with van der Waals surface area (Å²) in [6.45, 7) is 9.87. The summed E-state index contributed by atoms with van der Waals surface area (Å²) < 4.78 is 11.1. The fraction of sp³-hybridized carbons (Fsp3) is 0.355. The van der Waals surface area contributed by atoms with Gasteiger partial charge in [-0.25, -0.2) is 9.59 Å². The molecule has 2 aliphatic rings. The summed E-state index contributed by atoms with van der Waals surface area (Å²) in [5.74, 6) is 0. The molecule has 8 nitrogen and oxygen atoms in total. The Morgan fingerprint density at radius 3 is 1.97 bits per heavy atom. The van der Waals surface area contributed by atoms with E-state index >= 15 is 0 Å². The molecule has 1 fully saturated rings. The Hall–Kier alpha value is -4.20. The van der Waals surface area contributed by atoms with E-state index in [2.05, 4.69) is 34.1 Å². The molecule has 0 N–H and O–H groups in total. The second-order valence-corrected chi connectivity index (χ2v) is 10.8. The molecule has 0 aliphatic carbocycles. The molecule has 0 spiro atoms. The van der Waals surface area contributed by atoms with Crippen molar-refractivity contribution < 1.29 is 19.1 Å². The molecule has 8 heteroatoms. The van der Waals surface area contributed by atoms with Crippen LogP contribution >= 0.6 is 0 Å². The van der Waals surface area contributed by atoms with Gasteiger partial charge in [-0.1, -0.05) is 42.5 Å². The minimum absolute atomic E-state index is 0.266. The highest BCUT2D eigenvalue weighted by molar-refractivity contribution is 5.95.